The third-order valence-corrected chi connectivity index (χ3v) is 3.01. The number of rotatable bonds is 1. The molecule has 0 spiro atoms. The van der Waals surface area contributed by atoms with Crippen LogP contribution in [0.15, 0.2) is 16.6 Å². The summed E-state index contributed by atoms with van der Waals surface area (Å²) >= 11 is 1.02. The highest BCUT2D eigenvalue weighted by molar-refractivity contribution is 8.03. The molecule has 74 valence electrons. The molecule has 1 N–H and O–H groups in total. The monoisotopic (exact) mass is 211 g/mol. The molecule has 0 amide bonds. The second-order valence-corrected chi connectivity index (χ2v) is 3.78. The van der Waals surface area contributed by atoms with Crippen LogP contribution < -0.4 is 0 Å². The summed E-state index contributed by atoms with van der Waals surface area (Å²) in [5.74, 6) is -0.252. The summed E-state index contributed by atoms with van der Waals surface area (Å²) in [6.45, 7) is 1.65. The largest absolute Gasteiger partial charge is 0.433 e. The van der Waals surface area contributed by atoms with Gasteiger partial charge in [-0.3, -0.25) is 0 Å². The number of hydrogen-bond acceptors (Lipinski definition) is 3. The van der Waals surface area contributed by atoms with Crippen molar-refractivity contribution in [1.29, 1.82) is 0 Å². The van der Waals surface area contributed by atoms with Gasteiger partial charge in [0, 0.05) is 0 Å². The Kier molecular flexibility index (Phi) is 2.90. The minimum absolute atomic E-state index is 0.252. The second-order valence-electron chi connectivity index (χ2n) is 2.73. The smallest absolute Gasteiger partial charge is 0.411 e. The van der Waals surface area contributed by atoms with Crippen LogP contribution in [-0.2, 0) is 0 Å². The van der Waals surface area contributed by atoms with E-state index < -0.39 is 17.1 Å². The van der Waals surface area contributed by atoms with Crippen LogP contribution in [0.2, 0.25) is 0 Å². The van der Waals surface area contributed by atoms with Crippen molar-refractivity contribution < 1.29 is 18.4 Å². The Morgan fingerprint density at radius 3 is 2.46 bits per heavy atom. The van der Waals surface area contributed by atoms with Gasteiger partial charge < -0.3 is 5.21 Å². The van der Waals surface area contributed by atoms with Crippen LogP contribution in [0, 0.1) is 5.92 Å². The van der Waals surface area contributed by atoms with Crippen molar-refractivity contribution >= 4 is 17.5 Å². The number of nitrogens with zero attached hydrogens (tertiary/aromatic N) is 1. The number of thioether (sulfide) groups is 1. The zero-order valence-electron chi connectivity index (χ0n) is 6.75. The number of halogens is 3. The Hall–Kier alpha value is -0.650. The van der Waals surface area contributed by atoms with Crippen LogP contribution >= 0.6 is 11.8 Å². The van der Waals surface area contributed by atoms with Crippen molar-refractivity contribution in [3.8, 4) is 0 Å². The summed E-state index contributed by atoms with van der Waals surface area (Å²) in [6, 6.07) is 0. The van der Waals surface area contributed by atoms with Gasteiger partial charge in [-0.2, -0.15) is 13.2 Å². The van der Waals surface area contributed by atoms with E-state index in [9.17, 15) is 13.2 Å². The van der Waals surface area contributed by atoms with Crippen molar-refractivity contribution in [2.75, 3.05) is 0 Å². The van der Waals surface area contributed by atoms with E-state index in [-0.39, 0.29) is 5.92 Å². The second kappa shape index (κ2) is 3.61. The highest BCUT2D eigenvalue weighted by Gasteiger charge is 2.44. The predicted molar refractivity (Wildman–Crippen MR) is 45.0 cm³/mol. The maximum absolute atomic E-state index is 12.2. The van der Waals surface area contributed by atoms with E-state index >= 15 is 0 Å². The van der Waals surface area contributed by atoms with E-state index in [2.05, 4.69) is 5.16 Å². The van der Waals surface area contributed by atoms with Crippen LogP contribution in [-0.4, -0.2) is 22.3 Å². The van der Waals surface area contributed by atoms with Crippen LogP contribution in [0.1, 0.15) is 6.92 Å². The van der Waals surface area contributed by atoms with Crippen molar-refractivity contribution in [1.82, 2.24) is 0 Å². The number of alkyl halides is 3. The van der Waals surface area contributed by atoms with Crippen molar-refractivity contribution in [3.05, 3.63) is 11.5 Å². The van der Waals surface area contributed by atoms with Gasteiger partial charge in [-0.15, -0.1) is 11.8 Å². The quantitative estimate of drug-likeness (QED) is 0.411. The van der Waals surface area contributed by atoms with Gasteiger partial charge in [0.1, 0.15) is 0 Å². The lowest BCUT2D eigenvalue weighted by molar-refractivity contribution is -0.0626. The third kappa shape index (κ3) is 2.18. The fourth-order valence-electron chi connectivity index (χ4n) is 1.07. The van der Waals surface area contributed by atoms with Gasteiger partial charge in [-0.25, -0.2) is 0 Å². The first-order chi connectivity index (χ1) is 5.96. The molecule has 1 rings (SSSR count). The highest BCUT2D eigenvalue weighted by atomic mass is 32.2. The van der Waals surface area contributed by atoms with Gasteiger partial charge in [0.15, 0.2) is 5.71 Å². The fourth-order valence-corrected chi connectivity index (χ4v) is 2.22. The summed E-state index contributed by atoms with van der Waals surface area (Å²) in [7, 11) is 0. The van der Waals surface area contributed by atoms with Crippen LogP contribution in [0.5, 0.6) is 0 Å². The Balaban J connectivity index is 2.81. The van der Waals surface area contributed by atoms with Gasteiger partial charge >= 0.3 is 6.18 Å². The molecule has 0 aromatic rings. The van der Waals surface area contributed by atoms with Gasteiger partial charge in [0.25, 0.3) is 0 Å². The van der Waals surface area contributed by atoms with Crippen molar-refractivity contribution in [3.63, 3.8) is 0 Å². The molecule has 0 bridgehead atoms. The zero-order chi connectivity index (χ0) is 10.1. The topological polar surface area (TPSA) is 32.6 Å². The molecule has 0 radical (unpaired) electrons. The average Bonchev–Trinajstić information content (AvgIpc) is 2.35. The number of allylic oxidation sites excluding steroid dienone is 1. The summed E-state index contributed by atoms with van der Waals surface area (Å²) in [5, 5.41) is 11.4. The Morgan fingerprint density at radius 2 is 2.15 bits per heavy atom. The van der Waals surface area contributed by atoms with Crippen molar-refractivity contribution in [2.45, 2.75) is 18.3 Å². The van der Waals surface area contributed by atoms with Gasteiger partial charge in [0.2, 0.25) is 0 Å². The molecule has 1 aliphatic rings. The first-order valence-electron chi connectivity index (χ1n) is 3.58. The maximum atomic E-state index is 12.2. The van der Waals surface area contributed by atoms with E-state index in [4.69, 9.17) is 5.21 Å². The maximum Gasteiger partial charge on any atom is 0.433 e. The summed E-state index contributed by atoms with van der Waals surface area (Å²) < 4.78 is 36.6. The Bertz CT molecular complexity index is 249. The summed E-state index contributed by atoms with van der Waals surface area (Å²) in [4.78, 5) is 0. The molecule has 6 heteroatoms. The molecule has 0 aliphatic carbocycles. The van der Waals surface area contributed by atoms with E-state index in [1.54, 1.807) is 18.4 Å². The molecule has 2 atom stereocenters. The molecule has 0 saturated heterocycles. The summed E-state index contributed by atoms with van der Waals surface area (Å²) in [6.07, 6.45) is -2.89. The van der Waals surface area contributed by atoms with E-state index in [1.807, 2.05) is 0 Å². The molecular weight excluding hydrogens is 203 g/mol. The molecule has 13 heavy (non-hydrogen) atoms. The van der Waals surface area contributed by atoms with Gasteiger partial charge in [-0.1, -0.05) is 18.2 Å². The molecule has 0 aromatic carbocycles. The number of oxime groups is 1. The minimum atomic E-state index is -4.55. The normalized spacial score (nSPS) is 29.7. The standard InChI is InChI=1S/C7H8F3NOS/c1-4-2-3-13-5(4)6(11-12)7(8,9)10/h2-5,12H,1H3/b11-6-. The lowest BCUT2D eigenvalue weighted by Gasteiger charge is -2.17. The first-order valence-corrected chi connectivity index (χ1v) is 4.52. The third-order valence-electron chi connectivity index (χ3n) is 1.75. The molecule has 1 heterocycles. The molecule has 0 saturated carbocycles. The lowest BCUT2D eigenvalue weighted by atomic mass is 10.0. The van der Waals surface area contributed by atoms with Gasteiger partial charge in [-0.05, 0) is 11.3 Å². The SMILES string of the molecule is CC1C=CSC1/C(=N/O)C(F)(F)F. The number of hydrogen-bond donors (Lipinski definition) is 1. The minimum Gasteiger partial charge on any atom is -0.411 e. The zero-order valence-corrected chi connectivity index (χ0v) is 7.56. The molecule has 0 aromatic heterocycles. The van der Waals surface area contributed by atoms with Crippen LogP contribution in [0.25, 0.3) is 0 Å². The van der Waals surface area contributed by atoms with E-state index in [0.29, 0.717) is 0 Å². The fraction of sp³-hybridized carbons (Fsp3) is 0.571. The Labute approximate surface area is 77.5 Å². The Morgan fingerprint density at radius 1 is 1.54 bits per heavy atom. The summed E-state index contributed by atoms with van der Waals surface area (Å²) in [5.41, 5.74) is -1.12. The van der Waals surface area contributed by atoms with Crippen molar-refractivity contribution in [2.24, 2.45) is 11.1 Å². The van der Waals surface area contributed by atoms with Gasteiger partial charge in [0.05, 0.1) is 5.25 Å². The predicted octanol–water partition coefficient (Wildman–Crippen LogP) is 2.64. The van der Waals surface area contributed by atoms with Crippen LogP contribution in [0.3, 0.4) is 0 Å². The lowest BCUT2D eigenvalue weighted by Crippen LogP contribution is -2.34. The molecule has 2 unspecified atom stereocenters. The molecular formula is C7H8F3NOS. The molecule has 1 aliphatic heterocycles. The molecule has 0 fully saturated rings. The van der Waals surface area contributed by atoms with E-state index in [1.165, 1.54) is 0 Å². The molecule has 2 nitrogen and oxygen atoms in total. The first kappa shape index (κ1) is 10.4. The average molecular weight is 211 g/mol. The van der Waals surface area contributed by atoms with Crippen LogP contribution in [0.4, 0.5) is 13.2 Å². The highest BCUT2D eigenvalue weighted by Crippen LogP contribution is 2.35. The van der Waals surface area contributed by atoms with E-state index in [0.717, 1.165) is 11.8 Å².